The van der Waals surface area contributed by atoms with Crippen LogP contribution in [0.3, 0.4) is 0 Å². The van der Waals surface area contributed by atoms with Crippen molar-refractivity contribution in [2.45, 2.75) is 24.1 Å². The summed E-state index contributed by atoms with van der Waals surface area (Å²) in [5, 5.41) is 0. The summed E-state index contributed by atoms with van der Waals surface area (Å²) in [5.74, 6) is 0. The Morgan fingerprint density at radius 2 is 2.12 bits per heavy atom. The smallest absolute Gasteiger partial charge is 0.250 e. The second-order valence-electron chi connectivity index (χ2n) is 4.19. The first-order valence-corrected chi connectivity index (χ1v) is 8.25. The molecule has 0 spiro atoms. The van der Waals surface area contributed by atoms with Gasteiger partial charge in [0.1, 0.15) is 4.21 Å². The van der Waals surface area contributed by atoms with Gasteiger partial charge in [-0.05, 0) is 55.5 Å². The molecular formula is C10H17BrN2O2S2. The summed E-state index contributed by atoms with van der Waals surface area (Å²) in [6, 6.07) is 1.84. The van der Waals surface area contributed by atoms with Crippen molar-refractivity contribution in [2.24, 2.45) is 0 Å². The Morgan fingerprint density at radius 3 is 2.53 bits per heavy atom. The molecule has 0 radical (unpaired) electrons. The first-order chi connectivity index (χ1) is 7.74. The van der Waals surface area contributed by atoms with Gasteiger partial charge in [-0.25, -0.2) is 13.1 Å². The first-order valence-electron chi connectivity index (χ1n) is 5.16. The van der Waals surface area contributed by atoms with Crippen molar-refractivity contribution in [3.05, 3.63) is 15.4 Å². The molecule has 0 aliphatic rings. The van der Waals surface area contributed by atoms with E-state index in [1.54, 1.807) is 6.07 Å². The summed E-state index contributed by atoms with van der Waals surface area (Å²) in [6.07, 6.45) is 0. The van der Waals surface area contributed by atoms with Crippen LogP contribution >= 0.6 is 27.3 Å². The van der Waals surface area contributed by atoms with E-state index in [2.05, 4.69) is 20.7 Å². The Labute approximate surface area is 115 Å². The maximum Gasteiger partial charge on any atom is 0.250 e. The van der Waals surface area contributed by atoms with Crippen molar-refractivity contribution in [3.63, 3.8) is 0 Å². The van der Waals surface area contributed by atoms with Crippen LogP contribution in [0.2, 0.25) is 0 Å². The zero-order chi connectivity index (χ0) is 13.2. The zero-order valence-corrected chi connectivity index (χ0v) is 13.5. The van der Waals surface area contributed by atoms with E-state index in [0.29, 0.717) is 10.8 Å². The quantitative estimate of drug-likeness (QED) is 0.892. The van der Waals surface area contributed by atoms with Crippen LogP contribution in [-0.4, -0.2) is 40.0 Å². The number of sulfonamides is 1. The first kappa shape index (κ1) is 15.1. The molecule has 1 rings (SSSR count). The van der Waals surface area contributed by atoms with Gasteiger partial charge < -0.3 is 4.90 Å². The van der Waals surface area contributed by atoms with Crippen LogP contribution in [-0.2, 0) is 10.0 Å². The molecule has 1 heterocycles. The number of rotatable bonds is 5. The van der Waals surface area contributed by atoms with Crippen molar-refractivity contribution in [1.82, 2.24) is 9.62 Å². The lowest BCUT2D eigenvalue weighted by Gasteiger charge is -2.19. The molecule has 0 aliphatic carbocycles. The molecule has 7 heteroatoms. The average molecular weight is 341 g/mol. The van der Waals surface area contributed by atoms with Gasteiger partial charge in [-0.15, -0.1) is 11.3 Å². The standard InChI is InChI=1S/C10H17BrN2O2S2/c1-7-5-9(16-10(7)11)17(14,15)12-6-8(2)13(3)4/h5,8,12H,6H2,1-4H3. The van der Waals surface area contributed by atoms with Crippen LogP contribution in [0, 0.1) is 6.92 Å². The largest absolute Gasteiger partial charge is 0.305 e. The van der Waals surface area contributed by atoms with E-state index in [0.717, 1.165) is 9.35 Å². The molecule has 0 bridgehead atoms. The lowest BCUT2D eigenvalue weighted by molar-refractivity contribution is 0.314. The van der Waals surface area contributed by atoms with Crippen LogP contribution in [0.15, 0.2) is 14.1 Å². The van der Waals surface area contributed by atoms with E-state index in [1.807, 2.05) is 32.8 Å². The van der Waals surface area contributed by atoms with Crippen LogP contribution in [0.4, 0.5) is 0 Å². The number of nitrogens with zero attached hydrogens (tertiary/aromatic N) is 1. The highest BCUT2D eigenvalue weighted by molar-refractivity contribution is 9.11. The Balaban J connectivity index is 2.76. The predicted octanol–water partition coefficient (Wildman–Crippen LogP) is 2.05. The number of hydrogen-bond donors (Lipinski definition) is 1. The van der Waals surface area contributed by atoms with E-state index in [-0.39, 0.29) is 6.04 Å². The number of nitrogens with one attached hydrogen (secondary N) is 1. The van der Waals surface area contributed by atoms with Gasteiger partial charge in [-0.1, -0.05) is 0 Å². The van der Waals surface area contributed by atoms with Gasteiger partial charge in [0, 0.05) is 12.6 Å². The zero-order valence-electron chi connectivity index (χ0n) is 10.3. The van der Waals surface area contributed by atoms with E-state index in [9.17, 15) is 8.42 Å². The SMILES string of the molecule is Cc1cc(S(=O)(=O)NCC(C)N(C)C)sc1Br. The van der Waals surface area contributed by atoms with E-state index < -0.39 is 10.0 Å². The molecule has 1 N–H and O–H groups in total. The molecule has 0 aliphatic heterocycles. The number of thiophene rings is 1. The van der Waals surface area contributed by atoms with E-state index in [1.165, 1.54) is 11.3 Å². The summed E-state index contributed by atoms with van der Waals surface area (Å²) < 4.78 is 27.8. The Morgan fingerprint density at radius 1 is 1.53 bits per heavy atom. The Bertz CT molecular complexity index is 463. The van der Waals surface area contributed by atoms with Crippen molar-refractivity contribution >= 4 is 37.3 Å². The van der Waals surface area contributed by atoms with Crippen molar-refractivity contribution in [2.75, 3.05) is 20.6 Å². The molecule has 0 saturated heterocycles. The lowest BCUT2D eigenvalue weighted by Crippen LogP contribution is -2.37. The van der Waals surface area contributed by atoms with E-state index >= 15 is 0 Å². The van der Waals surface area contributed by atoms with Gasteiger partial charge in [0.15, 0.2) is 0 Å². The van der Waals surface area contributed by atoms with Gasteiger partial charge in [-0.2, -0.15) is 0 Å². The van der Waals surface area contributed by atoms with E-state index in [4.69, 9.17) is 0 Å². The number of halogens is 1. The molecule has 0 aromatic carbocycles. The van der Waals surface area contributed by atoms with Crippen molar-refractivity contribution in [1.29, 1.82) is 0 Å². The highest BCUT2D eigenvalue weighted by Crippen LogP contribution is 2.30. The number of likely N-dealkylation sites (N-methyl/N-ethyl adjacent to an activating group) is 1. The molecule has 1 unspecified atom stereocenters. The topological polar surface area (TPSA) is 49.4 Å². The fourth-order valence-electron chi connectivity index (χ4n) is 1.05. The number of hydrogen-bond acceptors (Lipinski definition) is 4. The van der Waals surface area contributed by atoms with Gasteiger partial charge >= 0.3 is 0 Å². The Hall–Kier alpha value is 0.0500. The summed E-state index contributed by atoms with van der Waals surface area (Å²) in [6.45, 7) is 4.25. The minimum atomic E-state index is -3.38. The molecule has 0 saturated carbocycles. The monoisotopic (exact) mass is 340 g/mol. The normalized spacial score (nSPS) is 14.2. The highest BCUT2D eigenvalue weighted by atomic mass is 79.9. The average Bonchev–Trinajstić information content (AvgIpc) is 2.56. The third-order valence-corrected chi connectivity index (χ3v) is 6.58. The number of aryl methyl sites for hydroxylation is 1. The predicted molar refractivity (Wildman–Crippen MR) is 75.1 cm³/mol. The summed E-state index contributed by atoms with van der Waals surface area (Å²) in [7, 11) is 0.464. The molecule has 98 valence electrons. The summed E-state index contributed by atoms with van der Waals surface area (Å²) >= 11 is 4.56. The van der Waals surface area contributed by atoms with Gasteiger partial charge in [0.2, 0.25) is 10.0 Å². The van der Waals surface area contributed by atoms with Gasteiger partial charge in [0.05, 0.1) is 3.79 Å². The van der Waals surface area contributed by atoms with Crippen LogP contribution in [0.5, 0.6) is 0 Å². The summed E-state index contributed by atoms with van der Waals surface area (Å²) in [4.78, 5) is 1.97. The summed E-state index contributed by atoms with van der Waals surface area (Å²) in [5.41, 5.74) is 0.941. The second-order valence-corrected chi connectivity index (χ2v) is 8.55. The third kappa shape index (κ3) is 4.03. The Kier molecular flexibility index (Phi) is 5.15. The van der Waals surface area contributed by atoms with Gasteiger partial charge in [-0.3, -0.25) is 0 Å². The lowest BCUT2D eigenvalue weighted by atomic mass is 10.3. The van der Waals surface area contributed by atoms with Crippen LogP contribution < -0.4 is 4.72 Å². The molecular weight excluding hydrogens is 324 g/mol. The molecule has 4 nitrogen and oxygen atoms in total. The maximum absolute atomic E-state index is 12.0. The van der Waals surface area contributed by atoms with Crippen LogP contribution in [0.25, 0.3) is 0 Å². The maximum atomic E-state index is 12.0. The molecule has 1 aromatic rings. The van der Waals surface area contributed by atoms with Gasteiger partial charge in [0.25, 0.3) is 0 Å². The minimum Gasteiger partial charge on any atom is -0.305 e. The van der Waals surface area contributed by atoms with Crippen molar-refractivity contribution < 1.29 is 8.42 Å². The minimum absolute atomic E-state index is 0.161. The second kappa shape index (κ2) is 5.79. The molecule has 0 amide bonds. The molecule has 1 aromatic heterocycles. The molecule has 17 heavy (non-hydrogen) atoms. The third-order valence-electron chi connectivity index (χ3n) is 2.55. The van der Waals surface area contributed by atoms with Crippen molar-refractivity contribution in [3.8, 4) is 0 Å². The highest BCUT2D eigenvalue weighted by Gasteiger charge is 2.19. The fraction of sp³-hybridized carbons (Fsp3) is 0.600. The fourth-order valence-corrected chi connectivity index (χ4v) is 4.44. The molecule has 1 atom stereocenters. The molecule has 0 fully saturated rings. The van der Waals surface area contributed by atoms with Crippen LogP contribution in [0.1, 0.15) is 12.5 Å².